The van der Waals surface area contributed by atoms with Crippen LogP contribution < -0.4 is 0 Å². The zero-order chi connectivity index (χ0) is 19.7. The van der Waals surface area contributed by atoms with Gasteiger partial charge in [-0.05, 0) is 60.4 Å². The topological polar surface area (TPSA) is 16.1 Å². The summed E-state index contributed by atoms with van der Waals surface area (Å²) in [6, 6.07) is 19.8. The van der Waals surface area contributed by atoms with Gasteiger partial charge in [-0.15, -0.1) is 0 Å². The Kier molecular flexibility index (Phi) is 5.29. The Morgan fingerprint density at radius 2 is 1.96 bits per heavy atom. The van der Waals surface area contributed by atoms with Crippen LogP contribution in [-0.4, -0.2) is 16.4 Å². The number of rotatable bonds is 5. The standard InChI is InChI=1S/C24H22ClFN2/c1-16(2)22-13-19(14-23(27-22)18-8-9-21(26)20(25)12-18)24-10-11-28(24)15-17-6-4-3-5-7-17/h3-9,12-14,24H,1,10-11,15H2,2H3. The highest BCUT2D eigenvalue weighted by Crippen LogP contribution is 2.37. The fraction of sp³-hybridized carbons (Fsp3) is 0.208. The van der Waals surface area contributed by atoms with Crippen molar-refractivity contribution in [2.24, 2.45) is 0 Å². The first-order chi connectivity index (χ1) is 13.5. The molecule has 1 aromatic heterocycles. The third kappa shape index (κ3) is 3.87. The molecule has 2 heterocycles. The summed E-state index contributed by atoms with van der Waals surface area (Å²) in [6.07, 6.45) is 1.11. The Morgan fingerprint density at radius 3 is 2.61 bits per heavy atom. The van der Waals surface area contributed by atoms with Gasteiger partial charge in [-0.2, -0.15) is 0 Å². The molecule has 1 aliphatic rings. The SMILES string of the molecule is C=C(C)c1cc(C2CCN2Cc2ccccc2)cc(-c2ccc(F)c(Cl)c2)n1. The van der Waals surface area contributed by atoms with Gasteiger partial charge in [-0.3, -0.25) is 4.90 Å². The second-order valence-electron chi connectivity index (χ2n) is 7.34. The van der Waals surface area contributed by atoms with Gasteiger partial charge in [-0.25, -0.2) is 9.37 Å². The maximum absolute atomic E-state index is 13.6. The molecule has 28 heavy (non-hydrogen) atoms. The summed E-state index contributed by atoms with van der Waals surface area (Å²) in [5.74, 6) is -0.422. The Bertz CT molecular complexity index is 1020. The molecule has 1 saturated heterocycles. The summed E-state index contributed by atoms with van der Waals surface area (Å²) in [7, 11) is 0. The molecule has 1 atom stereocenters. The van der Waals surface area contributed by atoms with Crippen LogP contribution in [0.5, 0.6) is 0 Å². The van der Waals surface area contributed by atoms with Crippen molar-refractivity contribution in [1.29, 1.82) is 0 Å². The van der Waals surface area contributed by atoms with E-state index in [0.29, 0.717) is 6.04 Å². The molecular formula is C24H22ClFN2. The van der Waals surface area contributed by atoms with E-state index >= 15 is 0 Å². The molecular weight excluding hydrogens is 371 g/mol. The lowest BCUT2D eigenvalue weighted by Gasteiger charge is -2.41. The number of halogens is 2. The molecule has 4 heteroatoms. The Hall–Kier alpha value is -2.49. The van der Waals surface area contributed by atoms with Gasteiger partial charge in [0.1, 0.15) is 5.82 Å². The van der Waals surface area contributed by atoms with Crippen LogP contribution in [0.2, 0.25) is 5.02 Å². The molecule has 0 spiro atoms. The molecule has 0 saturated carbocycles. The molecule has 0 N–H and O–H groups in total. The zero-order valence-electron chi connectivity index (χ0n) is 15.8. The van der Waals surface area contributed by atoms with Crippen LogP contribution in [-0.2, 0) is 6.54 Å². The van der Waals surface area contributed by atoms with E-state index in [9.17, 15) is 4.39 Å². The molecule has 2 aromatic carbocycles. The van der Waals surface area contributed by atoms with Crippen LogP contribution in [0.1, 0.15) is 36.2 Å². The predicted octanol–water partition coefficient (Wildman–Crippen LogP) is 6.52. The first-order valence-corrected chi connectivity index (χ1v) is 9.80. The van der Waals surface area contributed by atoms with Crippen LogP contribution in [0.25, 0.3) is 16.8 Å². The van der Waals surface area contributed by atoms with E-state index in [0.717, 1.165) is 42.0 Å². The van der Waals surface area contributed by atoms with Gasteiger partial charge < -0.3 is 0 Å². The smallest absolute Gasteiger partial charge is 0.141 e. The molecule has 2 nitrogen and oxygen atoms in total. The Balaban J connectivity index is 1.67. The molecule has 1 fully saturated rings. The van der Waals surface area contributed by atoms with E-state index in [4.69, 9.17) is 16.6 Å². The molecule has 1 unspecified atom stereocenters. The van der Waals surface area contributed by atoms with Crippen molar-refractivity contribution < 1.29 is 4.39 Å². The number of nitrogens with zero attached hydrogens (tertiary/aromatic N) is 2. The summed E-state index contributed by atoms with van der Waals surface area (Å²) in [6.45, 7) is 8.01. The van der Waals surface area contributed by atoms with Gasteiger partial charge in [0.15, 0.2) is 0 Å². The number of hydrogen-bond acceptors (Lipinski definition) is 2. The molecule has 0 aliphatic carbocycles. The van der Waals surface area contributed by atoms with Crippen LogP contribution in [0.15, 0.2) is 67.2 Å². The summed E-state index contributed by atoms with van der Waals surface area (Å²) < 4.78 is 13.6. The van der Waals surface area contributed by atoms with Crippen molar-refractivity contribution in [1.82, 2.24) is 9.88 Å². The van der Waals surface area contributed by atoms with E-state index in [-0.39, 0.29) is 5.02 Å². The lowest BCUT2D eigenvalue weighted by atomic mass is 9.92. The lowest BCUT2D eigenvalue weighted by molar-refractivity contribution is 0.0819. The average Bonchev–Trinajstić information content (AvgIpc) is 2.68. The van der Waals surface area contributed by atoms with Crippen molar-refractivity contribution >= 4 is 17.2 Å². The van der Waals surface area contributed by atoms with Crippen molar-refractivity contribution in [3.8, 4) is 11.3 Å². The third-order valence-corrected chi connectivity index (χ3v) is 5.53. The average molecular weight is 393 g/mol. The quantitative estimate of drug-likeness (QED) is 0.491. The first-order valence-electron chi connectivity index (χ1n) is 9.42. The van der Waals surface area contributed by atoms with E-state index in [1.807, 2.05) is 13.0 Å². The summed E-state index contributed by atoms with van der Waals surface area (Å²) in [5, 5.41) is 0.107. The number of aromatic nitrogens is 1. The summed E-state index contributed by atoms with van der Waals surface area (Å²) in [5.41, 5.74) is 5.90. The minimum atomic E-state index is -0.422. The molecule has 4 rings (SSSR count). The van der Waals surface area contributed by atoms with Crippen LogP contribution >= 0.6 is 11.6 Å². The Labute approximate surface area is 170 Å². The van der Waals surface area contributed by atoms with Crippen molar-refractivity contribution in [2.75, 3.05) is 6.54 Å². The van der Waals surface area contributed by atoms with Crippen molar-refractivity contribution in [3.63, 3.8) is 0 Å². The maximum Gasteiger partial charge on any atom is 0.141 e. The van der Waals surface area contributed by atoms with Gasteiger partial charge in [0.25, 0.3) is 0 Å². The number of allylic oxidation sites excluding steroid dienone is 1. The monoisotopic (exact) mass is 392 g/mol. The van der Waals surface area contributed by atoms with E-state index < -0.39 is 5.82 Å². The zero-order valence-corrected chi connectivity index (χ0v) is 16.6. The third-order valence-electron chi connectivity index (χ3n) is 5.24. The van der Waals surface area contributed by atoms with Gasteiger partial charge in [0.05, 0.1) is 16.4 Å². The van der Waals surface area contributed by atoms with Gasteiger partial charge in [-0.1, -0.05) is 48.5 Å². The minimum absolute atomic E-state index is 0.107. The highest BCUT2D eigenvalue weighted by Gasteiger charge is 2.30. The van der Waals surface area contributed by atoms with Crippen molar-refractivity contribution in [3.05, 3.63) is 94.9 Å². The van der Waals surface area contributed by atoms with Crippen LogP contribution in [0.3, 0.4) is 0 Å². The van der Waals surface area contributed by atoms with Gasteiger partial charge >= 0.3 is 0 Å². The molecule has 0 amide bonds. The molecule has 1 aliphatic heterocycles. The Morgan fingerprint density at radius 1 is 1.18 bits per heavy atom. The number of pyridine rings is 1. The minimum Gasteiger partial charge on any atom is -0.292 e. The van der Waals surface area contributed by atoms with E-state index in [1.165, 1.54) is 17.2 Å². The molecule has 142 valence electrons. The number of benzene rings is 2. The van der Waals surface area contributed by atoms with Gasteiger partial charge in [0.2, 0.25) is 0 Å². The van der Waals surface area contributed by atoms with Crippen molar-refractivity contribution in [2.45, 2.75) is 25.9 Å². The van der Waals surface area contributed by atoms with Crippen LogP contribution in [0.4, 0.5) is 4.39 Å². The first kappa shape index (κ1) is 18.9. The molecule has 3 aromatic rings. The fourth-order valence-corrected chi connectivity index (χ4v) is 3.77. The normalized spacial score (nSPS) is 16.6. The van der Waals surface area contributed by atoms with E-state index in [1.54, 1.807) is 12.1 Å². The van der Waals surface area contributed by atoms with Crippen LogP contribution in [0, 0.1) is 5.82 Å². The fourth-order valence-electron chi connectivity index (χ4n) is 3.59. The van der Waals surface area contributed by atoms with E-state index in [2.05, 4.69) is 47.9 Å². The predicted molar refractivity (Wildman–Crippen MR) is 114 cm³/mol. The molecule has 0 radical (unpaired) electrons. The lowest BCUT2D eigenvalue weighted by Crippen LogP contribution is -2.40. The summed E-state index contributed by atoms with van der Waals surface area (Å²) in [4.78, 5) is 7.19. The summed E-state index contributed by atoms with van der Waals surface area (Å²) >= 11 is 5.99. The van der Waals surface area contributed by atoms with Gasteiger partial charge in [0, 0.05) is 24.7 Å². The molecule has 0 bridgehead atoms. The second kappa shape index (κ2) is 7.86. The second-order valence-corrected chi connectivity index (χ2v) is 7.75. The highest BCUT2D eigenvalue weighted by molar-refractivity contribution is 6.31. The number of likely N-dealkylation sites (tertiary alicyclic amines) is 1. The largest absolute Gasteiger partial charge is 0.292 e. The maximum atomic E-state index is 13.6. The number of hydrogen-bond donors (Lipinski definition) is 0. The highest BCUT2D eigenvalue weighted by atomic mass is 35.5.